The molecule has 0 aliphatic heterocycles. The van der Waals surface area contributed by atoms with E-state index >= 15 is 0 Å². The Kier molecular flexibility index (Phi) is 1.88. The fourth-order valence-corrected chi connectivity index (χ4v) is 1.25. The van der Waals surface area contributed by atoms with Crippen LogP contribution in [0.5, 0.6) is 5.75 Å². The minimum atomic E-state index is 0.232. The Morgan fingerprint density at radius 3 is 2.85 bits per heavy atom. The minimum Gasteiger partial charge on any atom is -0.508 e. The summed E-state index contributed by atoms with van der Waals surface area (Å²) in [7, 11) is 0. The summed E-state index contributed by atoms with van der Waals surface area (Å²) in [4.78, 5) is 1.66. The Labute approximate surface area is 75.8 Å². The lowest BCUT2D eigenvalue weighted by molar-refractivity contribution is 0.476. The van der Waals surface area contributed by atoms with Crippen LogP contribution in [-0.2, 0) is 6.54 Å². The summed E-state index contributed by atoms with van der Waals surface area (Å²) in [6, 6.07) is 5.01. The van der Waals surface area contributed by atoms with E-state index in [0.717, 1.165) is 24.0 Å². The van der Waals surface area contributed by atoms with E-state index in [1.54, 1.807) is 23.0 Å². The molecule has 0 saturated carbocycles. The Morgan fingerprint density at radius 2 is 2.08 bits per heavy atom. The van der Waals surface area contributed by atoms with Gasteiger partial charge in [-0.2, -0.15) is 15.0 Å². The van der Waals surface area contributed by atoms with E-state index < -0.39 is 0 Å². The van der Waals surface area contributed by atoms with Crippen LogP contribution in [0.1, 0.15) is 13.3 Å². The van der Waals surface area contributed by atoms with Crippen molar-refractivity contribution in [1.82, 2.24) is 15.0 Å². The summed E-state index contributed by atoms with van der Waals surface area (Å²) in [5.74, 6) is 0.232. The van der Waals surface area contributed by atoms with Crippen LogP contribution in [0.15, 0.2) is 18.2 Å². The zero-order chi connectivity index (χ0) is 9.26. The second-order valence-electron chi connectivity index (χ2n) is 2.97. The predicted octanol–water partition coefficient (Wildman–Crippen LogP) is 1.55. The molecule has 1 N–H and O–H groups in total. The number of benzene rings is 1. The third-order valence-corrected chi connectivity index (χ3v) is 1.83. The Morgan fingerprint density at radius 1 is 1.31 bits per heavy atom. The van der Waals surface area contributed by atoms with Gasteiger partial charge in [0.2, 0.25) is 0 Å². The molecule has 0 fully saturated rings. The molecule has 4 heteroatoms. The molecule has 0 radical (unpaired) electrons. The lowest BCUT2D eigenvalue weighted by Gasteiger charge is -1.91. The summed E-state index contributed by atoms with van der Waals surface area (Å²) in [5, 5.41) is 17.6. The highest BCUT2D eigenvalue weighted by Gasteiger charge is 2.01. The minimum absolute atomic E-state index is 0.232. The van der Waals surface area contributed by atoms with E-state index in [1.165, 1.54) is 0 Å². The van der Waals surface area contributed by atoms with Gasteiger partial charge >= 0.3 is 0 Å². The molecule has 1 heterocycles. The summed E-state index contributed by atoms with van der Waals surface area (Å²) in [5.41, 5.74) is 1.57. The number of phenolic OH excluding ortho intramolecular Hbond substituents is 1. The van der Waals surface area contributed by atoms with E-state index in [0.29, 0.717) is 0 Å². The van der Waals surface area contributed by atoms with Gasteiger partial charge in [-0.05, 0) is 18.6 Å². The SMILES string of the molecule is CCCn1nc2ccc(O)cc2n1. The largest absolute Gasteiger partial charge is 0.508 e. The second-order valence-corrected chi connectivity index (χ2v) is 2.97. The van der Waals surface area contributed by atoms with Crippen molar-refractivity contribution in [3.63, 3.8) is 0 Å². The summed E-state index contributed by atoms with van der Waals surface area (Å²) < 4.78 is 0. The summed E-state index contributed by atoms with van der Waals surface area (Å²) in [6.07, 6.45) is 1.01. The molecular weight excluding hydrogens is 166 g/mol. The van der Waals surface area contributed by atoms with Crippen molar-refractivity contribution < 1.29 is 5.11 Å². The Hall–Kier alpha value is -1.58. The topological polar surface area (TPSA) is 50.9 Å². The van der Waals surface area contributed by atoms with Crippen LogP contribution >= 0.6 is 0 Å². The third kappa shape index (κ3) is 1.47. The van der Waals surface area contributed by atoms with Crippen molar-refractivity contribution in [1.29, 1.82) is 0 Å². The van der Waals surface area contributed by atoms with Gasteiger partial charge in [-0.15, -0.1) is 0 Å². The zero-order valence-corrected chi connectivity index (χ0v) is 7.44. The maximum absolute atomic E-state index is 9.19. The molecule has 0 unspecified atom stereocenters. The van der Waals surface area contributed by atoms with E-state index in [4.69, 9.17) is 0 Å². The van der Waals surface area contributed by atoms with Crippen LogP contribution in [0.25, 0.3) is 11.0 Å². The van der Waals surface area contributed by atoms with Gasteiger partial charge in [-0.3, -0.25) is 0 Å². The van der Waals surface area contributed by atoms with Gasteiger partial charge in [0.15, 0.2) is 0 Å². The summed E-state index contributed by atoms with van der Waals surface area (Å²) in [6.45, 7) is 2.89. The average Bonchev–Trinajstić information content (AvgIpc) is 2.46. The first kappa shape index (κ1) is 8.04. The fraction of sp³-hybridized carbons (Fsp3) is 0.333. The molecule has 4 nitrogen and oxygen atoms in total. The lowest BCUT2D eigenvalue weighted by atomic mass is 10.3. The molecular formula is C9H11N3O. The van der Waals surface area contributed by atoms with Gasteiger partial charge in [0.1, 0.15) is 16.8 Å². The summed E-state index contributed by atoms with van der Waals surface area (Å²) >= 11 is 0. The number of aryl methyl sites for hydroxylation is 1. The van der Waals surface area contributed by atoms with Gasteiger partial charge in [0.25, 0.3) is 0 Å². The first-order valence-corrected chi connectivity index (χ1v) is 4.33. The van der Waals surface area contributed by atoms with Gasteiger partial charge in [0, 0.05) is 6.07 Å². The Balaban J connectivity index is 2.49. The zero-order valence-electron chi connectivity index (χ0n) is 7.44. The van der Waals surface area contributed by atoms with Crippen LogP contribution in [0, 0.1) is 0 Å². The number of aromatic nitrogens is 3. The average molecular weight is 177 g/mol. The second kappa shape index (κ2) is 3.05. The number of phenols is 1. The molecule has 0 spiro atoms. The predicted molar refractivity (Wildman–Crippen MR) is 49.5 cm³/mol. The van der Waals surface area contributed by atoms with Crippen molar-refractivity contribution in [2.45, 2.75) is 19.9 Å². The maximum Gasteiger partial charge on any atom is 0.117 e. The van der Waals surface area contributed by atoms with Crippen molar-refractivity contribution >= 4 is 11.0 Å². The lowest BCUT2D eigenvalue weighted by Crippen LogP contribution is -2.00. The highest BCUT2D eigenvalue weighted by molar-refractivity contribution is 5.75. The van der Waals surface area contributed by atoms with Crippen LogP contribution in [0.3, 0.4) is 0 Å². The number of aromatic hydroxyl groups is 1. The smallest absolute Gasteiger partial charge is 0.117 e. The fourth-order valence-electron chi connectivity index (χ4n) is 1.25. The normalized spacial score (nSPS) is 10.8. The number of fused-ring (bicyclic) bond motifs is 1. The molecule has 0 saturated heterocycles. The molecule has 1 aromatic heterocycles. The van der Waals surface area contributed by atoms with Gasteiger partial charge in [-0.25, -0.2) is 0 Å². The molecule has 0 aliphatic rings. The van der Waals surface area contributed by atoms with Crippen molar-refractivity contribution in [3.05, 3.63) is 18.2 Å². The highest BCUT2D eigenvalue weighted by atomic mass is 16.3. The highest BCUT2D eigenvalue weighted by Crippen LogP contribution is 2.15. The Bertz CT molecular complexity index is 422. The van der Waals surface area contributed by atoms with E-state index in [2.05, 4.69) is 17.1 Å². The first-order chi connectivity index (χ1) is 6.29. The van der Waals surface area contributed by atoms with Crippen LogP contribution in [0.4, 0.5) is 0 Å². The van der Waals surface area contributed by atoms with Crippen molar-refractivity contribution in [2.75, 3.05) is 0 Å². The van der Waals surface area contributed by atoms with Crippen LogP contribution < -0.4 is 0 Å². The molecule has 0 aliphatic carbocycles. The number of rotatable bonds is 2. The molecule has 1 aromatic carbocycles. The van der Waals surface area contributed by atoms with Crippen molar-refractivity contribution in [3.8, 4) is 5.75 Å². The number of nitrogens with zero attached hydrogens (tertiary/aromatic N) is 3. The van der Waals surface area contributed by atoms with Gasteiger partial charge in [-0.1, -0.05) is 6.92 Å². The van der Waals surface area contributed by atoms with E-state index in [9.17, 15) is 5.11 Å². The van der Waals surface area contributed by atoms with Crippen molar-refractivity contribution in [2.24, 2.45) is 0 Å². The molecule has 0 bridgehead atoms. The third-order valence-electron chi connectivity index (χ3n) is 1.83. The number of hydrogen-bond donors (Lipinski definition) is 1. The van der Waals surface area contributed by atoms with Crippen LogP contribution in [-0.4, -0.2) is 20.1 Å². The molecule has 0 amide bonds. The quantitative estimate of drug-likeness (QED) is 0.757. The molecule has 13 heavy (non-hydrogen) atoms. The van der Waals surface area contributed by atoms with Gasteiger partial charge < -0.3 is 5.11 Å². The number of hydrogen-bond acceptors (Lipinski definition) is 3. The standard InChI is InChI=1S/C9H11N3O/c1-2-5-12-10-8-4-3-7(13)6-9(8)11-12/h3-4,6,13H,2,5H2,1H3. The molecule has 2 aromatic rings. The molecule has 2 rings (SSSR count). The van der Waals surface area contributed by atoms with Gasteiger partial charge in [0.05, 0.1) is 6.54 Å². The molecule has 0 atom stereocenters. The maximum atomic E-state index is 9.19. The monoisotopic (exact) mass is 177 g/mol. The van der Waals surface area contributed by atoms with E-state index in [-0.39, 0.29) is 5.75 Å². The first-order valence-electron chi connectivity index (χ1n) is 4.33. The molecule has 68 valence electrons. The van der Waals surface area contributed by atoms with E-state index in [1.807, 2.05) is 0 Å². The van der Waals surface area contributed by atoms with Crippen LogP contribution in [0.2, 0.25) is 0 Å².